The Kier molecular flexibility index (Phi) is 3.74. The molecule has 0 aromatic heterocycles. The van der Waals surface area contributed by atoms with E-state index >= 15 is 0 Å². The minimum absolute atomic E-state index is 0.0597. The van der Waals surface area contributed by atoms with Crippen molar-refractivity contribution in [3.8, 4) is 0 Å². The average Bonchev–Trinajstić information content (AvgIpc) is 2.69. The van der Waals surface area contributed by atoms with E-state index in [1.54, 1.807) is 0 Å². The van der Waals surface area contributed by atoms with E-state index in [9.17, 15) is 5.11 Å². The summed E-state index contributed by atoms with van der Waals surface area (Å²) in [5, 5.41) is 10.9. The number of aliphatic hydroxyl groups is 1. The third kappa shape index (κ3) is 2.09. The van der Waals surface area contributed by atoms with Crippen molar-refractivity contribution in [1.82, 2.24) is 0 Å². The molecule has 2 aliphatic carbocycles. The zero-order valence-corrected chi connectivity index (χ0v) is 12.6. The first kappa shape index (κ1) is 14.0. The van der Waals surface area contributed by atoms with Gasteiger partial charge in [-0.05, 0) is 31.6 Å². The number of hydrogen-bond donors (Lipinski definition) is 2. The predicted octanol–water partition coefficient (Wildman–Crippen LogP) is 2.66. The molecule has 0 bridgehead atoms. The van der Waals surface area contributed by atoms with Crippen LogP contribution in [0, 0.1) is 11.8 Å². The minimum atomic E-state index is -1.02. The molecule has 0 aromatic rings. The number of halogens is 2. The molecule has 2 saturated carbocycles. The summed E-state index contributed by atoms with van der Waals surface area (Å²) in [4.78, 5) is 4.53. The number of hydrogen-bond acceptors (Lipinski definition) is 3. The second-order valence-corrected chi connectivity index (χ2v) is 7.37. The van der Waals surface area contributed by atoms with Crippen molar-refractivity contribution in [2.24, 2.45) is 22.6 Å². The summed E-state index contributed by atoms with van der Waals surface area (Å²) < 4.78 is 0. The van der Waals surface area contributed by atoms with Gasteiger partial charge in [0.1, 0.15) is 11.4 Å². The Bertz CT molecular complexity index is 384. The van der Waals surface area contributed by atoms with Crippen LogP contribution in [-0.4, -0.2) is 33.3 Å². The molecule has 3 N–H and O–H groups in total. The van der Waals surface area contributed by atoms with E-state index < -0.39 is 5.60 Å². The summed E-state index contributed by atoms with van der Waals surface area (Å²) in [5.41, 5.74) is 5.09. The SMILES string of the molecule is NC1=NC2CCC(Cl)C(Cl)C2C1(O)C1CCCCC1. The van der Waals surface area contributed by atoms with Crippen LogP contribution in [0.5, 0.6) is 0 Å². The lowest BCUT2D eigenvalue weighted by atomic mass is 9.66. The highest BCUT2D eigenvalue weighted by atomic mass is 35.5. The van der Waals surface area contributed by atoms with Gasteiger partial charge in [-0.25, -0.2) is 0 Å². The molecular weight excluding hydrogens is 283 g/mol. The zero-order valence-electron chi connectivity index (χ0n) is 11.1. The third-order valence-electron chi connectivity index (χ3n) is 5.29. The van der Waals surface area contributed by atoms with Crippen LogP contribution in [0.2, 0.25) is 0 Å². The molecule has 0 aromatic carbocycles. The Labute approximate surface area is 124 Å². The summed E-state index contributed by atoms with van der Waals surface area (Å²) in [6.07, 6.45) is 7.36. The summed E-state index contributed by atoms with van der Waals surface area (Å²) in [7, 11) is 0. The number of rotatable bonds is 1. The molecule has 5 heteroatoms. The maximum absolute atomic E-state index is 11.3. The highest BCUT2D eigenvalue weighted by Gasteiger charge is 2.59. The molecule has 3 nitrogen and oxygen atoms in total. The van der Waals surface area contributed by atoms with Gasteiger partial charge in [0.05, 0.1) is 16.8 Å². The van der Waals surface area contributed by atoms with Crippen LogP contribution in [0.15, 0.2) is 4.99 Å². The predicted molar refractivity (Wildman–Crippen MR) is 78.9 cm³/mol. The second-order valence-electron chi connectivity index (χ2n) is 6.31. The maximum Gasteiger partial charge on any atom is 0.130 e. The number of amidine groups is 1. The largest absolute Gasteiger partial charge is 0.385 e. The van der Waals surface area contributed by atoms with E-state index in [0.29, 0.717) is 5.84 Å². The molecule has 3 rings (SSSR count). The molecule has 0 saturated heterocycles. The van der Waals surface area contributed by atoms with Crippen molar-refractivity contribution in [3.63, 3.8) is 0 Å². The van der Waals surface area contributed by atoms with Gasteiger partial charge in [-0.1, -0.05) is 19.3 Å². The molecular formula is C14H22Cl2N2O. The van der Waals surface area contributed by atoms with Gasteiger partial charge in [-0.15, -0.1) is 23.2 Å². The van der Waals surface area contributed by atoms with Crippen molar-refractivity contribution >= 4 is 29.0 Å². The second kappa shape index (κ2) is 5.09. The quantitative estimate of drug-likeness (QED) is 0.732. The first-order valence-electron chi connectivity index (χ1n) is 7.39. The number of alkyl halides is 2. The summed E-state index contributed by atoms with van der Waals surface area (Å²) >= 11 is 12.8. The summed E-state index contributed by atoms with van der Waals surface area (Å²) in [6, 6.07) is 0.0597. The van der Waals surface area contributed by atoms with Gasteiger partial charge in [-0.2, -0.15) is 0 Å². The monoisotopic (exact) mass is 304 g/mol. The fourth-order valence-electron chi connectivity index (χ4n) is 4.26. The molecule has 108 valence electrons. The van der Waals surface area contributed by atoms with E-state index in [4.69, 9.17) is 28.9 Å². The first-order valence-corrected chi connectivity index (χ1v) is 8.26. The van der Waals surface area contributed by atoms with Gasteiger partial charge in [0.25, 0.3) is 0 Å². The van der Waals surface area contributed by atoms with Crippen LogP contribution < -0.4 is 5.73 Å². The fraction of sp³-hybridized carbons (Fsp3) is 0.929. The van der Waals surface area contributed by atoms with Crippen LogP contribution in [-0.2, 0) is 0 Å². The molecule has 0 amide bonds. The van der Waals surface area contributed by atoms with Crippen LogP contribution in [0.1, 0.15) is 44.9 Å². The Hall–Kier alpha value is 0.01000. The van der Waals surface area contributed by atoms with E-state index in [2.05, 4.69) is 4.99 Å². The van der Waals surface area contributed by atoms with Crippen molar-refractivity contribution in [2.75, 3.05) is 0 Å². The number of aliphatic imine (C=N–C) groups is 1. The highest BCUT2D eigenvalue weighted by molar-refractivity contribution is 6.30. The fourth-order valence-corrected chi connectivity index (χ4v) is 5.03. The van der Waals surface area contributed by atoms with E-state index in [-0.39, 0.29) is 28.6 Å². The highest BCUT2D eigenvalue weighted by Crippen LogP contribution is 2.49. The minimum Gasteiger partial charge on any atom is -0.385 e. The van der Waals surface area contributed by atoms with Crippen molar-refractivity contribution in [1.29, 1.82) is 0 Å². The standard InChI is InChI=1S/C14H22Cl2N2O/c15-9-6-7-10-11(12(9)16)14(19,13(17)18-10)8-4-2-1-3-5-8/h8-12,19H,1-7H2,(H2,17,18). The van der Waals surface area contributed by atoms with E-state index in [0.717, 1.165) is 38.5 Å². The lowest BCUT2D eigenvalue weighted by molar-refractivity contribution is -0.0272. The summed E-state index contributed by atoms with van der Waals surface area (Å²) in [6.45, 7) is 0. The molecule has 19 heavy (non-hydrogen) atoms. The Morgan fingerprint density at radius 3 is 2.47 bits per heavy atom. The molecule has 5 atom stereocenters. The van der Waals surface area contributed by atoms with E-state index in [1.807, 2.05) is 0 Å². The molecule has 0 radical (unpaired) electrons. The Balaban J connectivity index is 1.91. The Morgan fingerprint density at radius 2 is 1.79 bits per heavy atom. The lowest BCUT2D eigenvalue weighted by Gasteiger charge is -2.45. The summed E-state index contributed by atoms with van der Waals surface area (Å²) in [5.74, 6) is 0.502. The smallest absolute Gasteiger partial charge is 0.130 e. The molecule has 5 unspecified atom stereocenters. The van der Waals surface area contributed by atoms with Crippen molar-refractivity contribution < 1.29 is 5.11 Å². The topological polar surface area (TPSA) is 58.6 Å². The number of fused-ring (bicyclic) bond motifs is 1. The Morgan fingerprint density at radius 1 is 1.11 bits per heavy atom. The van der Waals surface area contributed by atoms with Gasteiger partial charge in [0, 0.05) is 5.92 Å². The molecule has 0 spiro atoms. The average molecular weight is 305 g/mol. The van der Waals surface area contributed by atoms with Crippen molar-refractivity contribution in [3.05, 3.63) is 0 Å². The van der Waals surface area contributed by atoms with Gasteiger partial charge in [0.15, 0.2) is 0 Å². The molecule has 3 aliphatic rings. The van der Waals surface area contributed by atoms with Crippen LogP contribution >= 0.6 is 23.2 Å². The first-order chi connectivity index (χ1) is 9.05. The normalized spacial score (nSPS) is 47.8. The van der Waals surface area contributed by atoms with Crippen molar-refractivity contribution in [2.45, 2.75) is 67.3 Å². The number of nitrogens with two attached hydrogens (primary N) is 1. The zero-order chi connectivity index (χ0) is 13.6. The van der Waals surface area contributed by atoms with Crippen LogP contribution in [0.4, 0.5) is 0 Å². The lowest BCUT2D eigenvalue weighted by Crippen LogP contribution is -2.59. The van der Waals surface area contributed by atoms with Gasteiger partial charge < -0.3 is 10.8 Å². The van der Waals surface area contributed by atoms with Gasteiger partial charge in [-0.3, -0.25) is 4.99 Å². The molecule has 1 heterocycles. The van der Waals surface area contributed by atoms with Gasteiger partial charge in [0.2, 0.25) is 0 Å². The third-order valence-corrected chi connectivity index (χ3v) is 6.49. The van der Waals surface area contributed by atoms with Gasteiger partial charge >= 0.3 is 0 Å². The van der Waals surface area contributed by atoms with Crippen LogP contribution in [0.3, 0.4) is 0 Å². The molecule has 1 aliphatic heterocycles. The maximum atomic E-state index is 11.3. The van der Waals surface area contributed by atoms with E-state index in [1.165, 1.54) is 6.42 Å². The molecule has 2 fully saturated rings. The van der Waals surface area contributed by atoms with Crippen LogP contribution in [0.25, 0.3) is 0 Å². The number of nitrogens with zero attached hydrogens (tertiary/aromatic N) is 1.